The molecule has 0 aliphatic rings. The number of nitrogens with zero attached hydrogens (tertiary/aromatic N) is 3. The number of aromatic amines is 1. The summed E-state index contributed by atoms with van der Waals surface area (Å²) in [6.07, 6.45) is 3.56. The molecular weight excluding hydrogens is 208 g/mol. The van der Waals surface area contributed by atoms with E-state index in [0.29, 0.717) is 0 Å². The van der Waals surface area contributed by atoms with E-state index in [1.165, 1.54) is 0 Å². The lowest BCUT2D eigenvalue weighted by atomic mass is 10.2. The number of pyridine rings is 1. The zero-order chi connectivity index (χ0) is 10.3. The van der Waals surface area contributed by atoms with E-state index >= 15 is 0 Å². The molecular formula is C10H8N4S. The maximum Gasteiger partial charge on any atom is 0.142 e. The minimum absolute atomic E-state index is 0.911. The third-order valence-corrected chi connectivity index (χ3v) is 3.07. The summed E-state index contributed by atoms with van der Waals surface area (Å²) in [6, 6.07) is 1.92. The maximum atomic E-state index is 4.37. The predicted octanol–water partition coefficient (Wildman–Crippen LogP) is 2.39. The molecule has 3 rings (SSSR count). The van der Waals surface area contributed by atoms with Gasteiger partial charge in [-0.2, -0.15) is 5.10 Å². The molecule has 0 fully saturated rings. The number of nitrogens with one attached hydrogen (secondary N) is 1. The first-order chi connectivity index (χ1) is 7.36. The van der Waals surface area contributed by atoms with Gasteiger partial charge in [0, 0.05) is 17.8 Å². The fraction of sp³-hybridized carbons (Fsp3) is 0.100. The molecule has 0 bridgehead atoms. The standard InChI is InChI=1S/C10H8N4S/c1-6-8-7(14-13-6)2-3-11-9(8)10-12-4-5-15-10/h2-5H,1H3,(H,13,14). The molecule has 0 aliphatic carbocycles. The Morgan fingerprint density at radius 2 is 2.20 bits per heavy atom. The smallest absolute Gasteiger partial charge is 0.142 e. The molecule has 0 aromatic carbocycles. The monoisotopic (exact) mass is 216 g/mol. The molecule has 0 atom stereocenters. The molecule has 3 heterocycles. The lowest BCUT2D eigenvalue weighted by Crippen LogP contribution is -1.84. The van der Waals surface area contributed by atoms with Gasteiger partial charge in [0.15, 0.2) is 0 Å². The zero-order valence-electron chi connectivity index (χ0n) is 8.06. The highest BCUT2D eigenvalue weighted by atomic mass is 32.1. The second-order valence-corrected chi connectivity index (χ2v) is 4.12. The van der Waals surface area contributed by atoms with Crippen LogP contribution in [0.4, 0.5) is 0 Å². The first-order valence-corrected chi connectivity index (χ1v) is 5.44. The number of fused-ring (bicyclic) bond motifs is 1. The predicted molar refractivity (Wildman–Crippen MR) is 59.7 cm³/mol. The van der Waals surface area contributed by atoms with E-state index in [4.69, 9.17) is 0 Å². The van der Waals surface area contributed by atoms with E-state index in [1.807, 2.05) is 18.4 Å². The van der Waals surface area contributed by atoms with Gasteiger partial charge in [-0.1, -0.05) is 0 Å². The molecule has 0 aliphatic heterocycles. The molecule has 0 amide bonds. The average molecular weight is 216 g/mol. The summed E-state index contributed by atoms with van der Waals surface area (Å²) in [5.41, 5.74) is 2.88. The lowest BCUT2D eigenvalue weighted by Gasteiger charge is -1.97. The Morgan fingerprint density at radius 3 is 3.00 bits per heavy atom. The van der Waals surface area contributed by atoms with E-state index in [1.54, 1.807) is 23.7 Å². The molecule has 0 unspecified atom stereocenters. The SMILES string of the molecule is Cc1n[nH]c2ccnc(-c3nccs3)c12. The van der Waals surface area contributed by atoms with Gasteiger partial charge >= 0.3 is 0 Å². The highest BCUT2D eigenvalue weighted by Gasteiger charge is 2.11. The molecule has 5 heteroatoms. The van der Waals surface area contributed by atoms with Gasteiger partial charge in [-0.15, -0.1) is 11.3 Å². The molecule has 4 nitrogen and oxygen atoms in total. The van der Waals surface area contributed by atoms with Crippen LogP contribution in [0, 0.1) is 6.92 Å². The Balaban J connectivity index is 2.39. The van der Waals surface area contributed by atoms with Crippen LogP contribution >= 0.6 is 11.3 Å². The number of thiazole rings is 1. The van der Waals surface area contributed by atoms with E-state index < -0.39 is 0 Å². The Labute approximate surface area is 90.0 Å². The second-order valence-electron chi connectivity index (χ2n) is 3.23. The topological polar surface area (TPSA) is 54.5 Å². The first-order valence-electron chi connectivity index (χ1n) is 4.56. The Bertz CT molecular complexity index is 597. The fourth-order valence-corrected chi connectivity index (χ4v) is 2.26. The summed E-state index contributed by atoms with van der Waals surface area (Å²) in [7, 11) is 0. The van der Waals surface area contributed by atoms with Crippen molar-refractivity contribution in [3.63, 3.8) is 0 Å². The molecule has 0 radical (unpaired) electrons. The van der Waals surface area contributed by atoms with Crippen molar-refractivity contribution in [2.75, 3.05) is 0 Å². The van der Waals surface area contributed by atoms with Crippen LogP contribution in [-0.4, -0.2) is 20.2 Å². The Hall–Kier alpha value is -1.75. The zero-order valence-corrected chi connectivity index (χ0v) is 8.88. The van der Waals surface area contributed by atoms with E-state index in [0.717, 1.165) is 27.3 Å². The summed E-state index contributed by atoms with van der Waals surface area (Å²) in [4.78, 5) is 8.64. The van der Waals surface area contributed by atoms with Crippen molar-refractivity contribution in [2.24, 2.45) is 0 Å². The highest BCUT2D eigenvalue weighted by Crippen LogP contribution is 2.28. The summed E-state index contributed by atoms with van der Waals surface area (Å²) in [5, 5.41) is 11.1. The first kappa shape index (κ1) is 8.55. The Morgan fingerprint density at radius 1 is 1.27 bits per heavy atom. The molecule has 0 saturated carbocycles. The van der Waals surface area contributed by atoms with Gasteiger partial charge in [0.25, 0.3) is 0 Å². The van der Waals surface area contributed by atoms with Crippen LogP contribution in [0.2, 0.25) is 0 Å². The van der Waals surface area contributed by atoms with Crippen LogP contribution in [0.15, 0.2) is 23.8 Å². The van der Waals surface area contributed by atoms with Gasteiger partial charge in [-0.05, 0) is 13.0 Å². The molecule has 0 saturated heterocycles. The van der Waals surface area contributed by atoms with Crippen molar-refractivity contribution >= 4 is 22.2 Å². The molecule has 3 aromatic heterocycles. The highest BCUT2D eigenvalue weighted by molar-refractivity contribution is 7.13. The van der Waals surface area contributed by atoms with Crippen molar-refractivity contribution in [1.29, 1.82) is 0 Å². The van der Waals surface area contributed by atoms with Crippen molar-refractivity contribution in [3.8, 4) is 10.7 Å². The van der Waals surface area contributed by atoms with Gasteiger partial charge in [-0.3, -0.25) is 10.1 Å². The van der Waals surface area contributed by atoms with Crippen LogP contribution in [0.3, 0.4) is 0 Å². The number of hydrogen-bond acceptors (Lipinski definition) is 4. The minimum Gasteiger partial charge on any atom is -0.277 e. The van der Waals surface area contributed by atoms with Crippen LogP contribution in [0.25, 0.3) is 21.6 Å². The number of H-pyrrole nitrogens is 1. The van der Waals surface area contributed by atoms with E-state index in [2.05, 4.69) is 20.2 Å². The third-order valence-electron chi connectivity index (χ3n) is 2.29. The molecule has 0 spiro atoms. The van der Waals surface area contributed by atoms with Crippen molar-refractivity contribution in [1.82, 2.24) is 20.2 Å². The van der Waals surface area contributed by atoms with Crippen LogP contribution in [-0.2, 0) is 0 Å². The molecule has 15 heavy (non-hydrogen) atoms. The molecule has 74 valence electrons. The van der Waals surface area contributed by atoms with Crippen LogP contribution in [0.5, 0.6) is 0 Å². The average Bonchev–Trinajstić information content (AvgIpc) is 2.88. The van der Waals surface area contributed by atoms with E-state index in [-0.39, 0.29) is 0 Å². The summed E-state index contributed by atoms with van der Waals surface area (Å²) in [6.45, 7) is 1.97. The molecule has 3 aromatic rings. The van der Waals surface area contributed by atoms with Gasteiger partial charge in [0.1, 0.15) is 10.7 Å². The summed E-state index contributed by atoms with van der Waals surface area (Å²) >= 11 is 1.59. The lowest BCUT2D eigenvalue weighted by molar-refractivity contribution is 1.07. The fourth-order valence-electron chi connectivity index (χ4n) is 1.62. The van der Waals surface area contributed by atoms with Crippen molar-refractivity contribution in [2.45, 2.75) is 6.92 Å². The number of aryl methyl sites for hydroxylation is 1. The second kappa shape index (κ2) is 3.13. The largest absolute Gasteiger partial charge is 0.277 e. The quantitative estimate of drug-likeness (QED) is 0.679. The van der Waals surface area contributed by atoms with Crippen LogP contribution < -0.4 is 0 Å². The third kappa shape index (κ3) is 1.24. The normalized spacial score (nSPS) is 11.0. The minimum atomic E-state index is 0.911. The Kier molecular flexibility index (Phi) is 1.78. The van der Waals surface area contributed by atoms with Crippen molar-refractivity contribution < 1.29 is 0 Å². The number of aromatic nitrogens is 4. The van der Waals surface area contributed by atoms with Gasteiger partial charge in [-0.25, -0.2) is 4.98 Å². The number of rotatable bonds is 1. The number of hydrogen-bond donors (Lipinski definition) is 1. The van der Waals surface area contributed by atoms with Gasteiger partial charge in [0.2, 0.25) is 0 Å². The maximum absolute atomic E-state index is 4.37. The van der Waals surface area contributed by atoms with Crippen molar-refractivity contribution in [3.05, 3.63) is 29.5 Å². The van der Waals surface area contributed by atoms with Gasteiger partial charge < -0.3 is 0 Å². The molecule has 1 N–H and O–H groups in total. The van der Waals surface area contributed by atoms with E-state index in [9.17, 15) is 0 Å². The summed E-state index contributed by atoms with van der Waals surface area (Å²) in [5.74, 6) is 0. The van der Waals surface area contributed by atoms with Gasteiger partial charge in [0.05, 0.1) is 16.6 Å². The van der Waals surface area contributed by atoms with Crippen LogP contribution in [0.1, 0.15) is 5.69 Å². The summed E-state index contributed by atoms with van der Waals surface area (Å²) < 4.78 is 0.